The molecule has 1 aromatic rings. The number of halogens is 1. The maximum absolute atomic E-state index is 12.2. The van der Waals surface area contributed by atoms with Gasteiger partial charge in [-0.2, -0.15) is 4.31 Å². The molecule has 2 saturated heterocycles. The standard InChI is InChI=1S/C17H23ClN2O2S/c1-23(21,22)20-7-2-3-13-11-19-8-6-12-9-14(18)4-5-15(12)17(19)10-16(13)20/h4-5,9,13,16-17H,2-3,6-8,10-11H2,1H3/t13-,16+,17-/m1/s1. The maximum Gasteiger partial charge on any atom is 0.211 e. The summed E-state index contributed by atoms with van der Waals surface area (Å²) < 4.78 is 26.1. The molecule has 3 atom stereocenters. The van der Waals surface area contributed by atoms with Crippen molar-refractivity contribution in [2.24, 2.45) is 5.92 Å². The van der Waals surface area contributed by atoms with Crippen molar-refractivity contribution >= 4 is 21.6 Å². The molecule has 0 aromatic heterocycles. The first-order chi connectivity index (χ1) is 10.9. The molecule has 6 heteroatoms. The first-order valence-electron chi connectivity index (χ1n) is 8.42. The molecule has 2 fully saturated rings. The first kappa shape index (κ1) is 15.9. The van der Waals surface area contributed by atoms with Gasteiger partial charge in [0.2, 0.25) is 10.0 Å². The number of fused-ring (bicyclic) bond motifs is 4. The third kappa shape index (κ3) is 2.82. The molecule has 3 aliphatic rings. The van der Waals surface area contributed by atoms with Gasteiger partial charge in [0.15, 0.2) is 0 Å². The largest absolute Gasteiger partial charge is 0.296 e. The third-order valence-corrected chi connectivity index (χ3v) is 7.34. The van der Waals surface area contributed by atoms with Crippen LogP contribution in [0.2, 0.25) is 5.02 Å². The van der Waals surface area contributed by atoms with Gasteiger partial charge in [-0.3, -0.25) is 4.90 Å². The molecule has 4 nitrogen and oxygen atoms in total. The van der Waals surface area contributed by atoms with Crippen molar-refractivity contribution in [3.05, 3.63) is 34.3 Å². The van der Waals surface area contributed by atoms with Gasteiger partial charge in [-0.25, -0.2) is 8.42 Å². The van der Waals surface area contributed by atoms with Crippen LogP contribution < -0.4 is 0 Å². The summed E-state index contributed by atoms with van der Waals surface area (Å²) in [6.45, 7) is 2.75. The zero-order valence-corrected chi connectivity index (χ0v) is 15.0. The van der Waals surface area contributed by atoms with E-state index in [1.54, 1.807) is 4.31 Å². The minimum absolute atomic E-state index is 0.154. The zero-order chi connectivity index (χ0) is 16.2. The van der Waals surface area contributed by atoms with Crippen LogP contribution in [0, 0.1) is 5.92 Å². The van der Waals surface area contributed by atoms with E-state index in [1.165, 1.54) is 17.4 Å². The van der Waals surface area contributed by atoms with E-state index in [0.29, 0.717) is 18.5 Å². The van der Waals surface area contributed by atoms with Crippen molar-refractivity contribution in [3.8, 4) is 0 Å². The average molecular weight is 355 g/mol. The first-order valence-corrected chi connectivity index (χ1v) is 10.7. The highest BCUT2D eigenvalue weighted by molar-refractivity contribution is 7.88. The lowest BCUT2D eigenvalue weighted by Crippen LogP contribution is -2.57. The molecule has 126 valence electrons. The Balaban J connectivity index is 1.68. The summed E-state index contributed by atoms with van der Waals surface area (Å²) in [6.07, 6.45) is 5.44. The van der Waals surface area contributed by atoms with Crippen molar-refractivity contribution in [3.63, 3.8) is 0 Å². The Morgan fingerprint density at radius 3 is 2.87 bits per heavy atom. The van der Waals surface area contributed by atoms with Crippen LogP contribution in [0.15, 0.2) is 18.2 Å². The highest BCUT2D eigenvalue weighted by atomic mass is 35.5. The molecule has 1 aromatic carbocycles. The summed E-state index contributed by atoms with van der Waals surface area (Å²) >= 11 is 6.14. The fraction of sp³-hybridized carbons (Fsp3) is 0.647. The summed E-state index contributed by atoms with van der Waals surface area (Å²) in [5.74, 6) is 0.476. The van der Waals surface area contributed by atoms with Gasteiger partial charge in [-0.15, -0.1) is 0 Å². The van der Waals surface area contributed by atoms with Gasteiger partial charge < -0.3 is 0 Å². The van der Waals surface area contributed by atoms with Gasteiger partial charge in [0.05, 0.1) is 6.26 Å². The maximum atomic E-state index is 12.2. The lowest BCUT2D eigenvalue weighted by atomic mass is 9.77. The van der Waals surface area contributed by atoms with E-state index in [4.69, 9.17) is 11.6 Å². The van der Waals surface area contributed by atoms with Crippen LogP contribution in [0.3, 0.4) is 0 Å². The molecule has 3 aliphatic heterocycles. The Morgan fingerprint density at radius 1 is 1.26 bits per heavy atom. The predicted molar refractivity (Wildman–Crippen MR) is 92.1 cm³/mol. The normalized spacial score (nSPS) is 32.0. The van der Waals surface area contributed by atoms with Crippen LogP contribution >= 0.6 is 11.6 Å². The topological polar surface area (TPSA) is 40.6 Å². The minimum Gasteiger partial charge on any atom is -0.296 e. The summed E-state index contributed by atoms with van der Waals surface area (Å²) in [5, 5.41) is 0.793. The van der Waals surface area contributed by atoms with Crippen molar-refractivity contribution < 1.29 is 8.42 Å². The molecule has 0 bridgehead atoms. The van der Waals surface area contributed by atoms with E-state index < -0.39 is 10.0 Å². The number of rotatable bonds is 1. The Labute approximate surface area is 143 Å². The van der Waals surface area contributed by atoms with E-state index in [2.05, 4.69) is 17.0 Å². The van der Waals surface area contributed by atoms with Gasteiger partial charge in [0.1, 0.15) is 0 Å². The van der Waals surface area contributed by atoms with Crippen LogP contribution in [0.4, 0.5) is 0 Å². The number of nitrogens with zero attached hydrogens (tertiary/aromatic N) is 2. The average Bonchev–Trinajstić information content (AvgIpc) is 2.51. The minimum atomic E-state index is -3.12. The van der Waals surface area contributed by atoms with Crippen molar-refractivity contribution in [1.82, 2.24) is 9.21 Å². The molecule has 23 heavy (non-hydrogen) atoms. The lowest BCUT2D eigenvalue weighted by molar-refractivity contribution is 0.0222. The quantitative estimate of drug-likeness (QED) is 0.778. The van der Waals surface area contributed by atoms with Crippen LogP contribution in [0.1, 0.15) is 36.4 Å². The molecule has 0 radical (unpaired) electrons. The van der Waals surface area contributed by atoms with Gasteiger partial charge in [0.25, 0.3) is 0 Å². The second-order valence-electron chi connectivity index (χ2n) is 7.18. The molecule has 0 N–H and O–H groups in total. The summed E-state index contributed by atoms with van der Waals surface area (Å²) in [4.78, 5) is 2.56. The molecule has 4 rings (SSSR count). The number of sulfonamides is 1. The molecule has 0 spiro atoms. The van der Waals surface area contributed by atoms with Gasteiger partial charge >= 0.3 is 0 Å². The summed E-state index contributed by atoms with van der Waals surface area (Å²) in [5.41, 5.74) is 2.68. The van der Waals surface area contributed by atoms with Crippen LogP contribution in [-0.4, -0.2) is 49.6 Å². The molecule has 0 saturated carbocycles. The number of piperidine rings is 2. The highest BCUT2D eigenvalue weighted by Gasteiger charge is 2.44. The zero-order valence-electron chi connectivity index (χ0n) is 13.4. The summed E-state index contributed by atoms with van der Waals surface area (Å²) in [7, 11) is -3.12. The smallest absolute Gasteiger partial charge is 0.211 e. The van der Waals surface area contributed by atoms with E-state index in [1.807, 2.05) is 6.07 Å². The fourth-order valence-electron chi connectivity index (χ4n) is 4.79. The van der Waals surface area contributed by atoms with Gasteiger partial charge in [-0.1, -0.05) is 17.7 Å². The summed E-state index contributed by atoms with van der Waals surface area (Å²) in [6, 6.07) is 6.67. The lowest BCUT2D eigenvalue weighted by Gasteiger charge is -2.51. The van der Waals surface area contributed by atoms with Crippen LogP contribution in [-0.2, 0) is 16.4 Å². The predicted octanol–water partition coefficient (Wildman–Crippen LogP) is 2.68. The van der Waals surface area contributed by atoms with E-state index >= 15 is 0 Å². The van der Waals surface area contributed by atoms with Crippen molar-refractivity contribution in [2.75, 3.05) is 25.9 Å². The number of hydrogen-bond acceptors (Lipinski definition) is 3. The van der Waals surface area contributed by atoms with Gasteiger partial charge in [0, 0.05) is 36.7 Å². The SMILES string of the molecule is CS(=O)(=O)N1CCC[C@@H]2CN3CCc4cc(Cl)ccc4[C@H]3C[C@@H]21. The Morgan fingerprint density at radius 2 is 2.09 bits per heavy atom. The molecular weight excluding hydrogens is 332 g/mol. The molecule has 0 aliphatic carbocycles. The Hall–Kier alpha value is -0.620. The highest BCUT2D eigenvalue weighted by Crippen LogP contribution is 2.43. The fourth-order valence-corrected chi connectivity index (χ4v) is 6.20. The monoisotopic (exact) mass is 354 g/mol. The third-order valence-electron chi connectivity index (χ3n) is 5.80. The molecular formula is C17H23ClN2O2S. The van der Waals surface area contributed by atoms with Crippen LogP contribution in [0.5, 0.6) is 0 Å². The number of benzene rings is 1. The van der Waals surface area contributed by atoms with Gasteiger partial charge in [-0.05, 0) is 54.9 Å². The molecule has 0 unspecified atom stereocenters. The van der Waals surface area contributed by atoms with Crippen molar-refractivity contribution in [2.45, 2.75) is 37.8 Å². The Bertz CT molecular complexity index is 721. The van der Waals surface area contributed by atoms with Crippen molar-refractivity contribution in [1.29, 1.82) is 0 Å². The Kier molecular flexibility index (Phi) is 3.95. The second kappa shape index (κ2) is 5.73. The van der Waals surface area contributed by atoms with Crippen LogP contribution in [0.25, 0.3) is 0 Å². The van der Waals surface area contributed by atoms with E-state index in [0.717, 1.165) is 43.8 Å². The second-order valence-corrected chi connectivity index (χ2v) is 9.55. The molecule has 3 heterocycles. The van der Waals surface area contributed by atoms with E-state index in [9.17, 15) is 8.42 Å². The number of hydrogen-bond donors (Lipinski definition) is 0. The van der Waals surface area contributed by atoms with E-state index in [-0.39, 0.29) is 6.04 Å². The molecule has 0 amide bonds.